The second-order valence-corrected chi connectivity index (χ2v) is 8.31. The van der Waals surface area contributed by atoms with Crippen LogP contribution < -0.4 is 10.5 Å². The molecule has 0 radical (unpaired) electrons. The molecule has 5 nitrogen and oxygen atoms in total. The zero-order valence-corrected chi connectivity index (χ0v) is 13.6. The number of anilines is 1. The first-order valence-corrected chi connectivity index (χ1v) is 9.41. The van der Waals surface area contributed by atoms with Crippen molar-refractivity contribution in [3.8, 4) is 10.4 Å². The SMILES string of the molecule is Nc1cccc(-c2ccc(S(=O)(=O)NCC3CCCO3)s2)c1. The maximum atomic E-state index is 12.3. The Morgan fingerprint density at radius 1 is 1.32 bits per heavy atom. The monoisotopic (exact) mass is 338 g/mol. The zero-order chi connectivity index (χ0) is 15.6. The van der Waals surface area contributed by atoms with Gasteiger partial charge in [0, 0.05) is 23.7 Å². The number of hydrogen-bond donors (Lipinski definition) is 2. The molecule has 2 heterocycles. The molecule has 22 heavy (non-hydrogen) atoms. The van der Waals surface area contributed by atoms with E-state index < -0.39 is 10.0 Å². The molecule has 118 valence electrons. The van der Waals surface area contributed by atoms with Crippen molar-refractivity contribution in [3.63, 3.8) is 0 Å². The average molecular weight is 338 g/mol. The van der Waals surface area contributed by atoms with E-state index in [1.165, 1.54) is 11.3 Å². The number of nitrogen functional groups attached to an aromatic ring is 1. The van der Waals surface area contributed by atoms with Crippen LogP contribution in [0.15, 0.2) is 40.6 Å². The van der Waals surface area contributed by atoms with E-state index in [0.29, 0.717) is 23.0 Å². The smallest absolute Gasteiger partial charge is 0.250 e. The molecule has 1 aromatic heterocycles. The van der Waals surface area contributed by atoms with E-state index in [1.54, 1.807) is 18.2 Å². The number of rotatable bonds is 5. The molecule has 1 aliphatic rings. The number of nitrogens with two attached hydrogens (primary N) is 1. The topological polar surface area (TPSA) is 81.4 Å². The summed E-state index contributed by atoms with van der Waals surface area (Å²) < 4.78 is 33.0. The first-order chi connectivity index (χ1) is 10.5. The Kier molecular flexibility index (Phi) is 4.49. The lowest BCUT2D eigenvalue weighted by Crippen LogP contribution is -2.31. The summed E-state index contributed by atoms with van der Waals surface area (Å²) in [5.41, 5.74) is 7.35. The second kappa shape index (κ2) is 6.37. The molecule has 1 aliphatic heterocycles. The highest BCUT2D eigenvalue weighted by Gasteiger charge is 2.21. The maximum absolute atomic E-state index is 12.3. The van der Waals surface area contributed by atoms with Gasteiger partial charge in [-0.25, -0.2) is 13.1 Å². The van der Waals surface area contributed by atoms with Crippen LogP contribution >= 0.6 is 11.3 Å². The Balaban J connectivity index is 1.74. The summed E-state index contributed by atoms with van der Waals surface area (Å²) in [6.45, 7) is 1.04. The second-order valence-electron chi connectivity index (χ2n) is 5.23. The van der Waals surface area contributed by atoms with Crippen molar-refractivity contribution < 1.29 is 13.2 Å². The number of benzene rings is 1. The van der Waals surface area contributed by atoms with Crippen LogP contribution in [0.2, 0.25) is 0 Å². The molecule has 1 fully saturated rings. The fraction of sp³-hybridized carbons (Fsp3) is 0.333. The zero-order valence-electron chi connectivity index (χ0n) is 12.0. The van der Waals surface area contributed by atoms with Gasteiger partial charge in [-0.3, -0.25) is 0 Å². The van der Waals surface area contributed by atoms with Crippen LogP contribution in [0.3, 0.4) is 0 Å². The Hall–Kier alpha value is -1.41. The lowest BCUT2D eigenvalue weighted by Gasteiger charge is -2.10. The minimum Gasteiger partial charge on any atom is -0.399 e. The van der Waals surface area contributed by atoms with Crippen LogP contribution in [0.1, 0.15) is 12.8 Å². The van der Waals surface area contributed by atoms with E-state index >= 15 is 0 Å². The third-order valence-corrected chi connectivity index (χ3v) is 6.59. The number of sulfonamides is 1. The first kappa shape index (κ1) is 15.5. The van der Waals surface area contributed by atoms with E-state index in [9.17, 15) is 8.42 Å². The summed E-state index contributed by atoms with van der Waals surface area (Å²) >= 11 is 1.24. The van der Waals surface area contributed by atoms with Crippen molar-refractivity contribution in [2.24, 2.45) is 0 Å². The van der Waals surface area contributed by atoms with E-state index in [2.05, 4.69) is 4.72 Å². The van der Waals surface area contributed by atoms with Gasteiger partial charge in [-0.15, -0.1) is 11.3 Å². The van der Waals surface area contributed by atoms with E-state index in [4.69, 9.17) is 10.5 Å². The van der Waals surface area contributed by atoms with Crippen LogP contribution in [-0.2, 0) is 14.8 Å². The third kappa shape index (κ3) is 3.49. The van der Waals surface area contributed by atoms with Crippen LogP contribution in [0.4, 0.5) is 5.69 Å². The van der Waals surface area contributed by atoms with Gasteiger partial charge >= 0.3 is 0 Å². The number of nitrogens with one attached hydrogen (secondary N) is 1. The van der Waals surface area contributed by atoms with Crippen molar-refractivity contribution in [3.05, 3.63) is 36.4 Å². The van der Waals surface area contributed by atoms with Gasteiger partial charge in [-0.2, -0.15) is 0 Å². The molecule has 0 bridgehead atoms. The maximum Gasteiger partial charge on any atom is 0.250 e. The third-order valence-electron chi connectivity index (χ3n) is 3.54. The van der Waals surface area contributed by atoms with Crippen molar-refractivity contribution >= 4 is 27.0 Å². The predicted octanol–water partition coefficient (Wildman–Crippen LogP) is 2.45. The van der Waals surface area contributed by atoms with Crippen molar-refractivity contribution in [1.82, 2.24) is 4.72 Å². The molecule has 0 saturated carbocycles. The predicted molar refractivity (Wildman–Crippen MR) is 88.3 cm³/mol. The molecule has 0 aliphatic carbocycles. The largest absolute Gasteiger partial charge is 0.399 e. The minimum absolute atomic E-state index is 0.0110. The summed E-state index contributed by atoms with van der Waals surface area (Å²) in [4.78, 5) is 0.879. The highest BCUT2D eigenvalue weighted by molar-refractivity contribution is 7.91. The Bertz CT molecular complexity index is 750. The molecular weight excluding hydrogens is 320 g/mol. The van der Waals surface area contributed by atoms with E-state index in [-0.39, 0.29) is 6.10 Å². The van der Waals surface area contributed by atoms with Crippen molar-refractivity contribution in [2.75, 3.05) is 18.9 Å². The van der Waals surface area contributed by atoms with Gasteiger partial charge in [0.15, 0.2) is 0 Å². The average Bonchev–Trinajstić information content (AvgIpc) is 3.17. The summed E-state index contributed by atoms with van der Waals surface area (Å²) in [7, 11) is -3.49. The number of hydrogen-bond acceptors (Lipinski definition) is 5. The van der Waals surface area contributed by atoms with Gasteiger partial charge < -0.3 is 10.5 Å². The van der Waals surface area contributed by atoms with Crippen molar-refractivity contribution in [1.29, 1.82) is 0 Å². The highest BCUT2D eigenvalue weighted by Crippen LogP contribution is 2.31. The normalized spacial score (nSPS) is 18.6. The molecule has 1 unspecified atom stereocenters. The van der Waals surface area contributed by atoms with Crippen molar-refractivity contribution in [2.45, 2.75) is 23.2 Å². The fourth-order valence-electron chi connectivity index (χ4n) is 2.39. The van der Waals surface area contributed by atoms with Gasteiger partial charge in [0.05, 0.1) is 6.10 Å². The van der Waals surface area contributed by atoms with Gasteiger partial charge in [0.25, 0.3) is 0 Å². The standard InChI is InChI=1S/C15H18N2O3S2/c16-12-4-1-3-11(9-12)14-6-7-15(21-14)22(18,19)17-10-13-5-2-8-20-13/h1,3-4,6-7,9,13,17H,2,5,8,10,16H2. The Morgan fingerprint density at radius 2 is 2.18 bits per heavy atom. The lowest BCUT2D eigenvalue weighted by atomic mass is 10.2. The molecule has 1 aromatic carbocycles. The number of ether oxygens (including phenoxy) is 1. The summed E-state index contributed by atoms with van der Waals surface area (Å²) in [6.07, 6.45) is 1.88. The van der Waals surface area contributed by atoms with E-state index in [0.717, 1.165) is 23.3 Å². The summed E-state index contributed by atoms with van der Waals surface area (Å²) in [5.74, 6) is 0. The first-order valence-electron chi connectivity index (χ1n) is 7.11. The van der Waals surface area contributed by atoms with E-state index in [1.807, 2.05) is 18.2 Å². The Morgan fingerprint density at radius 3 is 2.91 bits per heavy atom. The quantitative estimate of drug-likeness (QED) is 0.821. The molecule has 0 spiro atoms. The molecular formula is C15H18N2O3S2. The minimum atomic E-state index is -3.49. The molecule has 0 amide bonds. The van der Waals surface area contributed by atoms with Crippen LogP contribution in [0.25, 0.3) is 10.4 Å². The van der Waals surface area contributed by atoms with Gasteiger partial charge in [-0.05, 0) is 42.7 Å². The molecule has 7 heteroatoms. The summed E-state index contributed by atoms with van der Waals surface area (Å²) in [5, 5.41) is 0. The van der Waals surface area contributed by atoms with Gasteiger partial charge in [0.1, 0.15) is 4.21 Å². The molecule has 1 saturated heterocycles. The lowest BCUT2D eigenvalue weighted by molar-refractivity contribution is 0.114. The van der Waals surface area contributed by atoms with Crippen LogP contribution in [0, 0.1) is 0 Å². The number of thiophene rings is 1. The van der Waals surface area contributed by atoms with Crippen LogP contribution in [0.5, 0.6) is 0 Å². The fourth-order valence-corrected chi connectivity index (χ4v) is 4.80. The Labute approximate surface area is 134 Å². The summed E-state index contributed by atoms with van der Waals surface area (Å²) in [6, 6.07) is 10.8. The van der Waals surface area contributed by atoms with Crippen LogP contribution in [-0.4, -0.2) is 27.7 Å². The highest BCUT2D eigenvalue weighted by atomic mass is 32.2. The molecule has 3 N–H and O–H groups in total. The van der Waals surface area contributed by atoms with Gasteiger partial charge in [-0.1, -0.05) is 12.1 Å². The molecule has 3 rings (SSSR count). The molecule has 2 aromatic rings. The van der Waals surface area contributed by atoms with Gasteiger partial charge in [0.2, 0.25) is 10.0 Å². The molecule has 1 atom stereocenters.